The van der Waals surface area contributed by atoms with Crippen molar-refractivity contribution in [2.45, 2.75) is 0 Å². The SMILES string of the molecule is c1ccc(-c2cc(-c3cc(-n4c5ccccc5c5cnccc54)cc(-n4c5ccccc5c5cnccc54)c3)cc(-c3ccc4c(c3)oc3ccccc34)n2)cc1. The molecule has 6 heteroatoms. The molecule has 0 saturated carbocycles. The molecule has 6 aromatic carbocycles. The van der Waals surface area contributed by atoms with E-state index in [-0.39, 0.29) is 0 Å². The quantitative estimate of drug-likeness (QED) is 0.177. The molecule has 266 valence electrons. The highest BCUT2D eigenvalue weighted by molar-refractivity contribution is 6.10. The molecular weight excluding hydrogens is 699 g/mol. The number of pyridine rings is 3. The molecule has 57 heavy (non-hydrogen) atoms. The minimum Gasteiger partial charge on any atom is -0.456 e. The van der Waals surface area contributed by atoms with E-state index in [4.69, 9.17) is 9.40 Å². The van der Waals surface area contributed by atoms with Crippen molar-refractivity contribution in [1.82, 2.24) is 24.1 Å². The third kappa shape index (κ3) is 4.94. The molecule has 0 saturated heterocycles. The summed E-state index contributed by atoms with van der Waals surface area (Å²) in [6.07, 6.45) is 7.70. The number of hydrogen-bond acceptors (Lipinski definition) is 4. The summed E-state index contributed by atoms with van der Waals surface area (Å²) in [5.41, 5.74) is 14.2. The third-order valence-electron chi connectivity index (χ3n) is 11.3. The van der Waals surface area contributed by atoms with Crippen molar-refractivity contribution >= 4 is 65.6 Å². The van der Waals surface area contributed by atoms with Crippen LogP contribution in [-0.4, -0.2) is 24.1 Å². The molecule has 0 radical (unpaired) electrons. The molecular formula is C51H31N5O. The van der Waals surface area contributed by atoms with Crippen molar-refractivity contribution in [3.05, 3.63) is 189 Å². The van der Waals surface area contributed by atoms with E-state index in [0.29, 0.717) is 0 Å². The number of hydrogen-bond donors (Lipinski definition) is 0. The highest BCUT2D eigenvalue weighted by Crippen LogP contribution is 2.39. The van der Waals surface area contributed by atoms with E-state index in [9.17, 15) is 0 Å². The van der Waals surface area contributed by atoms with Crippen molar-refractivity contribution < 1.29 is 4.42 Å². The Bertz CT molecular complexity index is 3300. The first-order valence-electron chi connectivity index (χ1n) is 19.1. The lowest BCUT2D eigenvalue weighted by Gasteiger charge is -2.17. The molecule has 0 fully saturated rings. The molecule has 0 atom stereocenters. The van der Waals surface area contributed by atoms with E-state index in [1.165, 1.54) is 0 Å². The molecule has 0 amide bonds. The smallest absolute Gasteiger partial charge is 0.136 e. The van der Waals surface area contributed by atoms with Crippen LogP contribution in [0.15, 0.2) is 193 Å². The number of aromatic nitrogens is 5. The van der Waals surface area contributed by atoms with E-state index in [1.54, 1.807) is 0 Å². The van der Waals surface area contributed by atoms with E-state index in [2.05, 4.69) is 165 Å². The number of fused-ring (bicyclic) bond motifs is 9. The topological polar surface area (TPSA) is 61.7 Å². The number of nitrogens with zero attached hydrogens (tertiary/aromatic N) is 5. The zero-order chi connectivity index (χ0) is 37.5. The Hall–Kier alpha value is -7.83. The molecule has 12 aromatic rings. The summed E-state index contributed by atoms with van der Waals surface area (Å²) in [5, 5.41) is 6.75. The van der Waals surface area contributed by atoms with Crippen LogP contribution in [0.3, 0.4) is 0 Å². The van der Waals surface area contributed by atoms with Crippen LogP contribution in [0.1, 0.15) is 0 Å². The highest BCUT2D eigenvalue weighted by atomic mass is 16.3. The molecule has 6 aromatic heterocycles. The lowest BCUT2D eigenvalue weighted by Crippen LogP contribution is -2.00. The predicted molar refractivity (Wildman–Crippen MR) is 232 cm³/mol. The second kappa shape index (κ2) is 12.3. The van der Waals surface area contributed by atoms with Crippen LogP contribution in [0.25, 0.3) is 111 Å². The van der Waals surface area contributed by atoms with Crippen LogP contribution >= 0.6 is 0 Å². The van der Waals surface area contributed by atoms with Crippen LogP contribution in [0.5, 0.6) is 0 Å². The first kappa shape index (κ1) is 31.5. The van der Waals surface area contributed by atoms with Crippen LogP contribution < -0.4 is 0 Å². The minimum atomic E-state index is 0.841. The van der Waals surface area contributed by atoms with Gasteiger partial charge >= 0.3 is 0 Å². The van der Waals surface area contributed by atoms with Gasteiger partial charge in [-0.05, 0) is 83.9 Å². The van der Waals surface area contributed by atoms with Crippen molar-refractivity contribution in [2.24, 2.45) is 0 Å². The summed E-state index contributed by atoms with van der Waals surface area (Å²) >= 11 is 0. The van der Waals surface area contributed by atoms with Crippen LogP contribution in [0, 0.1) is 0 Å². The summed E-state index contributed by atoms with van der Waals surface area (Å²) in [6, 6.07) is 57.8. The van der Waals surface area contributed by atoms with Gasteiger partial charge in [0, 0.05) is 79.6 Å². The largest absolute Gasteiger partial charge is 0.456 e. The summed E-state index contributed by atoms with van der Waals surface area (Å²) in [6.45, 7) is 0. The Morgan fingerprint density at radius 1 is 0.351 bits per heavy atom. The first-order valence-corrected chi connectivity index (χ1v) is 19.1. The van der Waals surface area contributed by atoms with Gasteiger partial charge < -0.3 is 13.6 Å². The van der Waals surface area contributed by atoms with Crippen LogP contribution in [0.4, 0.5) is 0 Å². The monoisotopic (exact) mass is 729 g/mol. The summed E-state index contributed by atoms with van der Waals surface area (Å²) < 4.78 is 11.1. The first-order chi connectivity index (χ1) is 28.2. The summed E-state index contributed by atoms with van der Waals surface area (Å²) in [4.78, 5) is 14.4. The predicted octanol–water partition coefficient (Wildman–Crippen LogP) is 13.0. The number of furan rings is 1. The van der Waals surface area contributed by atoms with Gasteiger partial charge in [-0.15, -0.1) is 0 Å². The van der Waals surface area contributed by atoms with Gasteiger partial charge in [0.2, 0.25) is 0 Å². The van der Waals surface area contributed by atoms with Gasteiger partial charge in [0.1, 0.15) is 11.2 Å². The molecule has 0 bridgehead atoms. The third-order valence-corrected chi connectivity index (χ3v) is 11.3. The fourth-order valence-electron chi connectivity index (χ4n) is 8.70. The molecule has 12 rings (SSSR count). The zero-order valence-corrected chi connectivity index (χ0v) is 30.5. The molecule has 0 aliphatic heterocycles. The van der Waals surface area contributed by atoms with Gasteiger partial charge in [0.15, 0.2) is 0 Å². The van der Waals surface area contributed by atoms with Crippen molar-refractivity contribution in [3.8, 4) is 45.0 Å². The Balaban J connectivity index is 1.15. The number of para-hydroxylation sites is 3. The average Bonchev–Trinajstić information content (AvgIpc) is 3.94. The van der Waals surface area contributed by atoms with Crippen molar-refractivity contribution in [1.29, 1.82) is 0 Å². The number of rotatable bonds is 5. The summed E-state index contributed by atoms with van der Waals surface area (Å²) in [5.74, 6) is 0. The van der Waals surface area contributed by atoms with E-state index < -0.39 is 0 Å². The van der Waals surface area contributed by atoms with Crippen molar-refractivity contribution in [2.75, 3.05) is 0 Å². The second-order valence-corrected chi connectivity index (χ2v) is 14.5. The molecule has 6 heterocycles. The Labute approximate surface area is 326 Å². The normalized spacial score (nSPS) is 11.9. The molecule has 6 nitrogen and oxygen atoms in total. The second-order valence-electron chi connectivity index (χ2n) is 14.5. The van der Waals surface area contributed by atoms with Gasteiger partial charge in [0.05, 0.1) is 33.5 Å². The molecule has 0 unspecified atom stereocenters. The lowest BCUT2D eigenvalue weighted by molar-refractivity contribution is 0.669. The van der Waals surface area contributed by atoms with E-state index in [1.807, 2.05) is 43.0 Å². The van der Waals surface area contributed by atoms with Gasteiger partial charge in [-0.1, -0.05) is 91.0 Å². The molecule has 0 aliphatic carbocycles. The Morgan fingerprint density at radius 2 is 0.877 bits per heavy atom. The maximum Gasteiger partial charge on any atom is 0.136 e. The highest BCUT2D eigenvalue weighted by Gasteiger charge is 2.19. The van der Waals surface area contributed by atoms with Crippen LogP contribution in [0.2, 0.25) is 0 Å². The maximum absolute atomic E-state index is 6.36. The van der Waals surface area contributed by atoms with Gasteiger partial charge in [0.25, 0.3) is 0 Å². The van der Waals surface area contributed by atoms with Gasteiger partial charge in [-0.3, -0.25) is 9.97 Å². The van der Waals surface area contributed by atoms with Crippen molar-refractivity contribution in [3.63, 3.8) is 0 Å². The van der Waals surface area contributed by atoms with Crippen LogP contribution in [-0.2, 0) is 0 Å². The van der Waals surface area contributed by atoms with E-state index >= 15 is 0 Å². The number of benzene rings is 6. The van der Waals surface area contributed by atoms with Gasteiger partial charge in [-0.25, -0.2) is 4.98 Å². The Morgan fingerprint density at radius 3 is 1.54 bits per heavy atom. The molecule has 0 N–H and O–H groups in total. The van der Waals surface area contributed by atoms with E-state index in [0.717, 1.165) is 111 Å². The van der Waals surface area contributed by atoms with Gasteiger partial charge in [-0.2, -0.15) is 0 Å². The zero-order valence-electron chi connectivity index (χ0n) is 30.5. The summed E-state index contributed by atoms with van der Waals surface area (Å²) in [7, 11) is 0. The fourth-order valence-corrected chi connectivity index (χ4v) is 8.70. The standard InChI is InChI=1S/C51H31N5O/c1-2-10-32(11-3-1)44-26-35(27-45(54-44)33-18-19-41-40-14-6-9-17-50(40)57-51(41)28-33)34-24-36(55-46-15-7-4-12-38(46)42-30-52-22-20-48(42)55)29-37(25-34)56-47-16-8-5-13-39(47)43-31-53-23-21-49(43)56/h1-31H. The molecule has 0 spiro atoms. The minimum absolute atomic E-state index is 0.841. The lowest BCUT2D eigenvalue weighted by atomic mass is 9.98. The Kier molecular flexibility index (Phi) is 6.83. The average molecular weight is 730 g/mol. The molecule has 0 aliphatic rings. The fraction of sp³-hybridized carbons (Fsp3) is 0. The maximum atomic E-state index is 6.36.